The highest BCUT2D eigenvalue weighted by Gasteiger charge is 2.39. The van der Waals surface area contributed by atoms with E-state index in [2.05, 4.69) is 33.9 Å². The normalized spacial score (nSPS) is 25.1. The standard InChI is InChI=1S/C13H24O3Si/c1-10(14)15-11-7-8-12(9-11)16-17(5,6)13(2,3)4/h7-8,11-12H,9H2,1-6H3/t11-,12-/m0/s1. The predicted octanol–water partition coefficient (Wildman–Crippen LogP) is 3.27. The lowest BCUT2D eigenvalue weighted by atomic mass is 10.2. The highest BCUT2D eigenvalue weighted by atomic mass is 28.4. The SMILES string of the molecule is CC(=O)O[C@H]1C=C[C@H](O[Si](C)(C)C(C)(C)C)C1. The van der Waals surface area contributed by atoms with Crippen molar-refractivity contribution >= 4 is 14.3 Å². The monoisotopic (exact) mass is 256 g/mol. The van der Waals surface area contributed by atoms with Gasteiger partial charge in [-0.15, -0.1) is 0 Å². The van der Waals surface area contributed by atoms with E-state index in [1.807, 2.05) is 12.2 Å². The van der Waals surface area contributed by atoms with Crippen molar-refractivity contribution in [2.75, 3.05) is 0 Å². The molecule has 0 aromatic carbocycles. The van der Waals surface area contributed by atoms with E-state index in [1.165, 1.54) is 6.92 Å². The minimum Gasteiger partial charge on any atom is -0.458 e. The zero-order valence-electron chi connectivity index (χ0n) is 11.7. The smallest absolute Gasteiger partial charge is 0.303 e. The number of rotatable bonds is 3. The van der Waals surface area contributed by atoms with Crippen molar-refractivity contribution < 1.29 is 14.0 Å². The van der Waals surface area contributed by atoms with E-state index in [-0.39, 0.29) is 23.2 Å². The Balaban J connectivity index is 2.52. The quantitative estimate of drug-likeness (QED) is 0.442. The van der Waals surface area contributed by atoms with Crippen LogP contribution in [0.2, 0.25) is 18.1 Å². The minimum atomic E-state index is -1.73. The molecule has 0 aromatic rings. The Bertz CT molecular complexity index is 315. The number of esters is 1. The average Bonchev–Trinajstić information content (AvgIpc) is 2.48. The maximum Gasteiger partial charge on any atom is 0.303 e. The third kappa shape index (κ3) is 3.96. The molecule has 0 aliphatic heterocycles. The number of ether oxygens (including phenoxy) is 1. The molecule has 0 unspecified atom stereocenters. The zero-order chi connectivity index (χ0) is 13.3. The van der Waals surface area contributed by atoms with Crippen molar-refractivity contribution in [3.63, 3.8) is 0 Å². The number of carbonyl (C=O) groups excluding carboxylic acids is 1. The lowest BCUT2D eigenvalue weighted by Gasteiger charge is -2.38. The minimum absolute atomic E-state index is 0.0974. The third-order valence-corrected chi connectivity index (χ3v) is 8.08. The Morgan fingerprint density at radius 3 is 2.24 bits per heavy atom. The maximum absolute atomic E-state index is 10.9. The van der Waals surface area contributed by atoms with Crippen molar-refractivity contribution in [3.05, 3.63) is 12.2 Å². The first-order valence-electron chi connectivity index (χ1n) is 6.15. The Morgan fingerprint density at radius 1 is 1.24 bits per heavy atom. The van der Waals surface area contributed by atoms with E-state index in [9.17, 15) is 4.79 Å². The van der Waals surface area contributed by atoms with Crippen LogP contribution in [0.3, 0.4) is 0 Å². The molecule has 1 aliphatic rings. The molecule has 0 fully saturated rings. The summed E-state index contributed by atoms with van der Waals surface area (Å²) in [5.41, 5.74) is 0. The summed E-state index contributed by atoms with van der Waals surface area (Å²) < 4.78 is 11.4. The molecule has 0 saturated carbocycles. The van der Waals surface area contributed by atoms with Gasteiger partial charge in [-0.2, -0.15) is 0 Å². The summed E-state index contributed by atoms with van der Waals surface area (Å²) >= 11 is 0. The first-order valence-corrected chi connectivity index (χ1v) is 9.06. The summed E-state index contributed by atoms with van der Waals surface area (Å²) in [5.74, 6) is -0.229. The molecule has 0 saturated heterocycles. The van der Waals surface area contributed by atoms with Crippen LogP contribution in [0.5, 0.6) is 0 Å². The fourth-order valence-corrected chi connectivity index (χ4v) is 2.86. The summed E-state index contributed by atoms with van der Waals surface area (Å²) in [4.78, 5) is 10.9. The van der Waals surface area contributed by atoms with Crippen LogP contribution in [0.15, 0.2) is 12.2 Å². The van der Waals surface area contributed by atoms with Crippen LogP contribution in [-0.2, 0) is 14.0 Å². The molecule has 0 radical (unpaired) electrons. The van der Waals surface area contributed by atoms with Gasteiger partial charge in [0.15, 0.2) is 8.32 Å². The molecule has 17 heavy (non-hydrogen) atoms. The highest BCUT2D eigenvalue weighted by Crippen LogP contribution is 2.38. The van der Waals surface area contributed by atoms with Gasteiger partial charge in [-0.05, 0) is 24.2 Å². The van der Waals surface area contributed by atoms with Crippen molar-refractivity contribution in [3.8, 4) is 0 Å². The molecule has 0 N–H and O–H groups in total. The molecule has 4 heteroatoms. The van der Waals surface area contributed by atoms with Gasteiger partial charge in [0, 0.05) is 13.3 Å². The second-order valence-electron chi connectivity index (χ2n) is 6.19. The van der Waals surface area contributed by atoms with Gasteiger partial charge >= 0.3 is 5.97 Å². The summed E-state index contributed by atoms with van der Waals surface area (Å²) in [5, 5.41) is 0.209. The summed E-state index contributed by atoms with van der Waals surface area (Å²) in [6.45, 7) is 12.6. The molecule has 0 bridgehead atoms. The van der Waals surface area contributed by atoms with Crippen LogP contribution in [0, 0.1) is 0 Å². The Labute approximate surface area is 105 Å². The lowest BCUT2D eigenvalue weighted by molar-refractivity contribution is -0.144. The van der Waals surface area contributed by atoms with E-state index in [0.717, 1.165) is 6.42 Å². The van der Waals surface area contributed by atoms with Gasteiger partial charge in [0.1, 0.15) is 6.10 Å². The zero-order valence-corrected chi connectivity index (χ0v) is 12.7. The fraction of sp³-hybridized carbons (Fsp3) is 0.769. The summed E-state index contributed by atoms with van der Waals surface area (Å²) in [7, 11) is -1.73. The van der Waals surface area contributed by atoms with E-state index in [1.54, 1.807) is 0 Å². The van der Waals surface area contributed by atoms with Crippen LogP contribution in [0.25, 0.3) is 0 Å². The maximum atomic E-state index is 10.9. The van der Waals surface area contributed by atoms with Crippen molar-refractivity contribution in [1.82, 2.24) is 0 Å². The first kappa shape index (κ1) is 14.4. The van der Waals surface area contributed by atoms with E-state index in [4.69, 9.17) is 9.16 Å². The van der Waals surface area contributed by atoms with Gasteiger partial charge in [0.05, 0.1) is 6.10 Å². The second-order valence-corrected chi connectivity index (χ2v) is 10.9. The molecule has 3 nitrogen and oxygen atoms in total. The van der Waals surface area contributed by atoms with Crippen molar-refractivity contribution in [2.24, 2.45) is 0 Å². The highest BCUT2D eigenvalue weighted by molar-refractivity contribution is 6.74. The van der Waals surface area contributed by atoms with Crippen molar-refractivity contribution in [2.45, 2.75) is 64.5 Å². The van der Waals surface area contributed by atoms with Crippen molar-refractivity contribution in [1.29, 1.82) is 0 Å². The van der Waals surface area contributed by atoms with E-state index in [0.29, 0.717) is 0 Å². The average molecular weight is 256 g/mol. The van der Waals surface area contributed by atoms with Crippen LogP contribution >= 0.6 is 0 Å². The third-order valence-electron chi connectivity index (χ3n) is 3.57. The Kier molecular flexibility index (Phi) is 4.20. The van der Waals surface area contributed by atoms with E-state index < -0.39 is 8.32 Å². The number of carbonyl (C=O) groups is 1. The van der Waals surface area contributed by atoms with Gasteiger partial charge in [-0.1, -0.05) is 26.8 Å². The summed E-state index contributed by atoms with van der Waals surface area (Å²) in [6.07, 6.45) is 4.70. The van der Waals surface area contributed by atoms with Gasteiger partial charge in [0.25, 0.3) is 0 Å². The predicted molar refractivity (Wildman–Crippen MR) is 71.4 cm³/mol. The largest absolute Gasteiger partial charge is 0.458 e. The molecule has 0 spiro atoms. The molecule has 1 rings (SSSR count). The molecule has 0 heterocycles. The van der Waals surface area contributed by atoms with Crippen LogP contribution < -0.4 is 0 Å². The number of hydrogen-bond acceptors (Lipinski definition) is 3. The Morgan fingerprint density at radius 2 is 1.76 bits per heavy atom. The van der Waals surface area contributed by atoms with Gasteiger partial charge in [-0.3, -0.25) is 4.79 Å². The van der Waals surface area contributed by atoms with Crippen LogP contribution in [0.4, 0.5) is 0 Å². The lowest BCUT2D eigenvalue weighted by Crippen LogP contribution is -2.43. The molecular formula is C13H24O3Si. The van der Waals surface area contributed by atoms with Gasteiger partial charge in [-0.25, -0.2) is 0 Å². The second kappa shape index (κ2) is 4.94. The molecular weight excluding hydrogens is 232 g/mol. The van der Waals surface area contributed by atoms with E-state index >= 15 is 0 Å². The van der Waals surface area contributed by atoms with Gasteiger partial charge < -0.3 is 9.16 Å². The Hall–Kier alpha value is -0.613. The number of hydrogen-bond donors (Lipinski definition) is 0. The topological polar surface area (TPSA) is 35.5 Å². The van der Waals surface area contributed by atoms with Gasteiger partial charge in [0.2, 0.25) is 0 Å². The van der Waals surface area contributed by atoms with Crippen LogP contribution in [0.1, 0.15) is 34.1 Å². The van der Waals surface area contributed by atoms with Crippen LogP contribution in [-0.4, -0.2) is 26.5 Å². The summed E-state index contributed by atoms with van der Waals surface area (Å²) in [6, 6.07) is 0. The molecule has 0 amide bonds. The molecule has 98 valence electrons. The fourth-order valence-electron chi connectivity index (χ4n) is 1.58. The first-order chi connectivity index (χ1) is 7.62. The molecule has 0 aromatic heterocycles. The molecule has 2 atom stereocenters. The molecule has 1 aliphatic carbocycles.